The van der Waals surface area contributed by atoms with Gasteiger partial charge in [0.15, 0.2) is 5.82 Å². The summed E-state index contributed by atoms with van der Waals surface area (Å²) < 4.78 is 5.08. The topological polar surface area (TPSA) is 47.9 Å². The Morgan fingerprint density at radius 1 is 1.22 bits per heavy atom. The lowest BCUT2D eigenvalue weighted by molar-refractivity contribution is 0.398. The summed E-state index contributed by atoms with van der Waals surface area (Å²) in [6, 6.07) is 5.46. The third-order valence-electron chi connectivity index (χ3n) is 2.68. The second-order valence-corrected chi connectivity index (χ2v) is 4.18. The Hall–Kier alpha value is -1.68. The number of ether oxygens (including phenoxy) is 1. The minimum Gasteiger partial charge on any atom is -0.481 e. The van der Waals surface area contributed by atoms with Crippen LogP contribution in [0.1, 0.15) is 18.2 Å². The quantitative estimate of drug-likeness (QED) is 0.799. The highest BCUT2D eigenvalue weighted by Crippen LogP contribution is 2.22. The van der Waals surface area contributed by atoms with Gasteiger partial charge >= 0.3 is 0 Å². The Morgan fingerprint density at radius 3 is 2.61 bits per heavy atom. The number of aryl methyl sites for hydroxylation is 1. The fourth-order valence-electron chi connectivity index (χ4n) is 1.73. The molecule has 0 aliphatic rings. The lowest BCUT2D eigenvalue weighted by Gasteiger charge is -2.08. The largest absolute Gasteiger partial charge is 0.481 e. The minimum atomic E-state index is 0.490. The maximum absolute atomic E-state index is 6.15. The fraction of sp³-hybridized carbons (Fsp3) is 0.308. The van der Waals surface area contributed by atoms with Crippen LogP contribution in [0, 0.1) is 6.92 Å². The normalized spacial score (nSPS) is 10.4. The third kappa shape index (κ3) is 2.43. The number of rotatable bonds is 3. The van der Waals surface area contributed by atoms with Crippen LogP contribution in [0.2, 0.25) is 5.15 Å². The Bertz CT molecular complexity index is 549. The van der Waals surface area contributed by atoms with Gasteiger partial charge in [0, 0.05) is 17.3 Å². The predicted octanol–water partition coefficient (Wildman–Crippen LogP) is 3.07. The molecule has 0 aromatic carbocycles. The van der Waals surface area contributed by atoms with Gasteiger partial charge in [-0.1, -0.05) is 24.6 Å². The summed E-state index contributed by atoms with van der Waals surface area (Å²) in [5.74, 6) is 1.05. The highest BCUT2D eigenvalue weighted by atomic mass is 35.5. The molecule has 18 heavy (non-hydrogen) atoms. The predicted molar refractivity (Wildman–Crippen MR) is 70.9 cm³/mol. The van der Waals surface area contributed by atoms with Crippen LogP contribution >= 0.6 is 11.6 Å². The van der Waals surface area contributed by atoms with Crippen LogP contribution in [0.5, 0.6) is 5.88 Å². The summed E-state index contributed by atoms with van der Waals surface area (Å²) in [4.78, 5) is 13.0. The Labute approximate surface area is 111 Å². The van der Waals surface area contributed by atoms with E-state index in [1.54, 1.807) is 13.2 Å². The lowest BCUT2D eigenvalue weighted by Crippen LogP contribution is -2.00. The van der Waals surface area contributed by atoms with Crippen molar-refractivity contribution < 1.29 is 4.74 Å². The number of aromatic nitrogens is 3. The van der Waals surface area contributed by atoms with Gasteiger partial charge in [0.1, 0.15) is 10.8 Å². The first-order valence-corrected chi connectivity index (χ1v) is 6.08. The summed E-state index contributed by atoms with van der Waals surface area (Å²) in [5, 5.41) is 0.490. The third-order valence-corrected chi connectivity index (χ3v) is 2.99. The smallest absolute Gasteiger partial charge is 0.213 e. The maximum Gasteiger partial charge on any atom is 0.213 e. The molecule has 2 rings (SSSR count). The van der Waals surface area contributed by atoms with Gasteiger partial charge in [0.2, 0.25) is 5.88 Å². The molecule has 2 aromatic heterocycles. The molecule has 0 amide bonds. The van der Waals surface area contributed by atoms with Gasteiger partial charge in [-0.15, -0.1) is 0 Å². The zero-order chi connectivity index (χ0) is 13.1. The van der Waals surface area contributed by atoms with Gasteiger partial charge < -0.3 is 4.74 Å². The lowest BCUT2D eigenvalue weighted by atomic mass is 10.2. The molecule has 0 aliphatic heterocycles. The van der Waals surface area contributed by atoms with Crippen molar-refractivity contribution in [1.82, 2.24) is 15.0 Å². The van der Waals surface area contributed by atoms with Crippen molar-refractivity contribution in [2.75, 3.05) is 7.11 Å². The molecule has 0 radical (unpaired) electrons. The number of nitrogens with zero attached hydrogens (tertiary/aromatic N) is 3. The number of hydrogen-bond acceptors (Lipinski definition) is 4. The maximum atomic E-state index is 6.15. The molecule has 0 N–H and O–H groups in total. The van der Waals surface area contributed by atoms with Gasteiger partial charge in [-0.2, -0.15) is 0 Å². The van der Waals surface area contributed by atoms with Gasteiger partial charge in [-0.3, -0.25) is 0 Å². The van der Waals surface area contributed by atoms with Crippen molar-refractivity contribution in [3.05, 3.63) is 34.6 Å². The van der Waals surface area contributed by atoms with E-state index in [2.05, 4.69) is 15.0 Å². The second kappa shape index (κ2) is 5.31. The van der Waals surface area contributed by atoms with E-state index in [1.165, 1.54) is 0 Å². The molecule has 0 saturated carbocycles. The molecule has 0 spiro atoms. The Morgan fingerprint density at radius 2 is 2.00 bits per heavy atom. The number of methoxy groups -OCH3 is 1. The van der Waals surface area contributed by atoms with Crippen molar-refractivity contribution in [2.45, 2.75) is 20.3 Å². The summed E-state index contributed by atoms with van der Waals surface area (Å²) in [6.07, 6.45) is 0.816. The Balaban J connectivity index is 2.51. The fourth-order valence-corrected chi connectivity index (χ4v) is 2.08. The van der Waals surface area contributed by atoms with E-state index in [0.29, 0.717) is 22.6 Å². The summed E-state index contributed by atoms with van der Waals surface area (Å²) in [7, 11) is 1.57. The van der Waals surface area contributed by atoms with Crippen molar-refractivity contribution in [2.24, 2.45) is 0 Å². The van der Waals surface area contributed by atoms with Crippen LogP contribution in [0.15, 0.2) is 18.2 Å². The highest BCUT2D eigenvalue weighted by molar-refractivity contribution is 6.30. The molecule has 0 fully saturated rings. The molecule has 94 valence electrons. The van der Waals surface area contributed by atoms with Crippen molar-refractivity contribution >= 4 is 11.6 Å². The van der Waals surface area contributed by atoms with Crippen LogP contribution in [-0.2, 0) is 6.42 Å². The molecule has 2 heterocycles. The first-order chi connectivity index (χ1) is 8.65. The van der Waals surface area contributed by atoms with Gasteiger partial charge in [-0.05, 0) is 19.4 Å². The van der Waals surface area contributed by atoms with E-state index in [1.807, 2.05) is 26.0 Å². The van der Waals surface area contributed by atoms with Crippen LogP contribution in [0.3, 0.4) is 0 Å². The molecule has 0 unspecified atom stereocenters. The van der Waals surface area contributed by atoms with Crippen molar-refractivity contribution in [3.63, 3.8) is 0 Å². The van der Waals surface area contributed by atoms with Gasteiger partial charge in [-0.25, -0.2) is 15.0 Å². The van der Waals surface area contributed by atoms with Crippen molar-refractivity contribution in [3.8, 4) is 17.4 Å². The Kier molecular flexibility index (Phi) is 3.77. The summed E-state index contributed by atoms with van der Waals surface area (Å²) >= 11 is 6.15. The van der Waals surface area contributed by atoms with Gasteiger partial charge in [0.25, 0.3) is 0 Å². The van der Waals surface area contributed by atoms with Gasteiger partial charge in [0.05, 0.1) is 7.11 Å². The average Bonchev–Trinajstić information content (AvgIpc) is 2.38. The standard InChI is InChI=1S/C13H14ClN3O/c1-4-9-8(2)15-13(17-12(9)14)10-6-5-7-11(16-10)18-3/h5-7H,4H2,1-3H3. The van der Waals surface area contributed by atoms with Crippen LogP contribution in [0.25, 0.3) is 11.5 Å². The molecular formula is C13H14ClN3O. The van der Waals surface area contributed by atoms with E-state index >= 15 is 0 Å². The molecule has 0 saturated heterocycles. The van der Waals surface area contributed by atoms with Crippen molar-refractivity contribution in [1.29, 1.82) is 0 Å². The molecule has 4 nitrogen and oxygen atoms in total. The number of pyridine rings is 1. The second-order valence-electron chi connectivity index (χ2n) is 3.82. The van der Waals surface area contributed by atoms with Crippen LogP contribution < -0.4 is 4.74 Å². The zero-order valence-electron chi connectivity index (χ0n) is 10.6. The summed E-state index contributed by atoms with van der Waals surface area (Å²) in [6.45, 7) is 3.96. The number of hydrogen-bond donors (Lipinski definition) is 0. The van der Waals surface area contributed by atoms with Crippen LogP contribution in [0.4, 0.5) is 0 Å². The molecule has 0 bridgehead atoms. The SMILES string of the molecule is CCc1c(C)nc(-c2cccc(OC)n2)nc1Cl. The van der Waals surface area contributed by atoms with E-state index in [0.717, 1.165) is 17.7 Å². The van der Waals surface area contributed by atoms with E-state index < -0.39 is 0 Å². The van der Waals surface area contributed by atoms with E-state index in [4.69, 9.17) is 16.3 Å². The average molecular weight is 264 g/mol. The van der Waals surface area contributed by atoms with E-state index in [-0.39, 0.29) is 0 Å². The molecular weight excluding hydrogens is 250 g/mol. The van der Waals surface area contributed by atoms with Crippen LogP contribution in [-0.4, -0.2) is 22.1 Å². The summed E-state index contributed by atoms with van der Waals surface area (Å²) in [5.41, 5.74) is 2.52. The molecule has 2 aromatic rings. The first-order valence-electron chi connectivity index (χ1n) is 5.70. The van der Waals surface area contributed by atoms with E-state index in [9.17, 15) is 0 Å². The highest BCUT2D eigenvalue weighted by Gasteiger charge is 2.11. The number of halogens is 1. The molecule has 5 heteroatoms. The molecule has 0 atom stereocenters. The monoisotopic (exact) mass is 263 g/mol. The first kappa shape index (κ1) is 12.8. The minimum absolute atomic E-state index is 0.490. The zero-order valence-corrected chi connectivity index (χ0v) is 11.3. The molecule has 0 aliphatic carbocycles.